The van der Waals surface area contributed by atoms with Crippen LogP contribution in [0.5, 0.6) is 11.5 Å². The van der Waals surface area contributed by atoms with Crippen molar-refractivity contribution in [1.82, 2.24) is 0 Å². The van der Waals surface area contributed by atoms with Gasteiger partial charge in [0.1, 0.15) is 11.5 Å². The quantitative estimate of drug-likeness (QED) is 0.192. The first-order chi connectivity index (χ1) is 27.1. The molecule has 258 valence electrons. The van der Waals surface area contributed by atoms with E-state index in [2.05, 4.69) is 158 Å². The van der Waals surface area contributed by atoms with E-state index < -0.39 is 5.41 Å². The Kier molecular flexibility index (Phi) is 6.80. The number of hydrogen-bond donors (Lipinski definition) is 2. The number of rotatable bonds is 4. The highest BCUT2D eigenvalue weighted by atomic mass is 16.3. The summed E-state index contributed by atoms with van der Waals surface area (Å²) in [6.45, 7) is 0. The van der Waals surface area contributed by atoms with Gasteiger partial charge in [-0.2, -0.15) is 0 Å². The molecule has 0 radical (unpaired) electrons. The molecule has 0 saturated heterocycles. The minimum absolute atomic E-state index is 0.244. The van der Waals surface area contributed by atoms with Crippen molar-refractivity contribution in [3.05, 3.63) is 216 Å². The van der Waals surface area contributed by atoms with Crippen molar-refractivity contribution in [2.45, 2.75) is 5.41 Å². The number of aromatic hydroxyl groups is 2. The Labute approximate surface area is 318 Å². The first-order valence-corrected chi connectivity index (χ1v) is 18.8. The zero-order chi connectivity index (χ0) is 36.7. The third-order valence-electron chi connectivity index (χ3n) is 11.9. The summed E-state index contributed by atoms with van der Waals surface area (Å²) >= 11 is 0. The van der Waals surface area contributed by atoms with Crippen LogP contribution in [0.3, 0.4) is 0 Å². The lowest BCUT2D eigenvalue weighted by molar-refractivity contribution is 0.481. The SMILES string of the molecule is Oc1ccc(C2(c3ccc(O)c4ccccc34)c3c(cccc3-c3cccc4ccccc34)-c3cccc(-c4cccc5ccccc45)c32)c2ccccc12. The Balaban J connectivity index is 1.43. The summed E-state index contributed by atoms with van der Waals surface area (Å²) in [4.78, 5) is 0. The molecule has 0 fully saturated rings. The van der Waals surface area contributed by atoms with Crippen LogP contribution in [0.15, 0.2) is 194 Å². The second kappa shape index (κ2) is 11.9. The van der Waals surface area contributed by atoms with Crippen molar-refractivity contribution in [3.8, 4) is 44.9 Å². The largest absolute Gasteiger partial charge is 0.507 e. The van der Waals surface area contributed by atoms with Gasteiger partial charge >= 0.3 is 0 Å². The maximum absolute atomic E-state index is 11.5. The van der Waals surface area contributed by atoms with Gasteiger partial charge in [0.2, 0.25) is 0 Å². The highest BCUT2D eigenvalue weighted by Gasteiger charge is 2.51. The summed E-state index contributed by atoms with van der Waals surface area (Å²) in [6.07, 6.45) is 0. The molecule has 1 aliphatic carbocycles. The van der Waals surface area contributed by atoms with Gasteiger partial charge in [-0.3, -0.25) is 0 Å². The Morgan fingerprint density at radius 1 is 0.255 bits per heavy atom. The standard InChI is InChI=1S/C53H34O2/c54-49-31-29-47(39-19-5-7-21-41(39)49)53(48-30-32-50(55)42-22-8-6-20-40(42)48)51-43(37-23-9-15-33-13-1-3-17-35(33)37)25-11-27-45(51)46-28-12-26-44(52(46)53)38-24-10-16-34-14-2-4-18-36(34)38/h1-32,54-55H. The average molecular weight is 703 g/mol. The van der Waals surface area contributed by atoms with Gasteiger partial charge in [-0.05, 0) is 100 Å². The molecule has 2 nitrogen and oxygen atoms in total. The number of hydrogen-bond acceptors (Lipinski definition) is 2. The van der Waals surface area contributed by atoms with E-state index in [-0.39, 0.29) is 11.5 Å². The predicted octanol–water partition coefficient (Wildman–Crippen LogP) is 13.4. The highest BCUT2D eigenvalue weighted by molar-refractivity contribution is 6.09. The molecule has 2 N–H and O–H groups in total. The maximum Gasteiger partial charge on any atom is 0.123 e. The second-order valence-electron chi connectivity index (χ2n) is 14.6. The van der Waals surface area contributed by atoms with E-state index in [0.29, 0.717) is 0 Å². The molecule has 0 aromatic heterocycles. The van der Waals surface area contributed by atoms with Crippen molar-refractivity contribution < 1.29 is 10.2 Å². The van der Waals surface area contributed by atoms with Gasteiger partial charge in [0.05, 0.1) is 5.41 Å². The molecule has 1 aliphatic rings. The molecule has 55 heavy (non-hydrogen) atoms. The normalized spacial score (nSPS) is 13.0. The van der Waals surface area contributed by atoms with Crippen LogP contribution in [0.25, 0.3) is 76.5 Å². The summed E-state index contributed by atoms with van der Waals surface area (Å²) in [6, 6.07) is 68.4. The van der Waals surface area contributed by atoms with E-state index in [4.69, 9.17) is 0 Å². The molecule has 0 aliphatic heterocycles. The van der Waals surface area contributed by atoms with Crippen LogP contribution in [0.2, 0.25) is 0 Å². The van der Waals surface area contributed by atoms with Crippen molar-refractivity contribution in [3.63, 3.8) is 0 Å². The lowest BCUT2D eigenvalue weighted by Crippen LogP contribution is -2.30. The Hall–Kier alpha value is -7.16. The molecule has 0 atom stereocenters. The van der Waals surface area contributed by atoms with Gasteiger partial charge in [-0.15, -0.1) is 0 Å². The molecule has 0 unspecified atom stereocenters. The lowest BCUT2D eigenvalue weighted by Gasteiger charge is -2.38. The van der Waals surface area contributed by atoms with Crippen molar-refractivity contribution in [2.24, 2.45) is 0 Å². The van der Waals surface area contributed by atoms with Crippen molar-refractivity contribution in [2.75, 3.05) is 0 Å². The summed E-state index contributed by atoms with van der Waals surface area (Å²) in [5.41, 5.74) is 10.5. The average Bonchev–Trinajstić information content (AvgIpc) is 3.55. The van der Waals surface area contributed by atoms with Gasteiger partial charge in [-0.25, -0.2) is 0 Å². The van der Waals surface area contributed by atoms with Crippen molar-refractivity contribution in [1.29, 1.82) is 0 Å². The van der Waals surface area contributed by atoms with Crippen molar-refractivity contribution >= 4 is 43.1 Å². The number of benzene rings is 10. The highest BCUT2D eigenvalue weighted by Crippen LogP contribution is 2.63. The van der Waals surface area contributed by atoms with E-state index in [1.165, 1.54) is 32.7 Å². The number of phenolic OH excluding ortho intramolecular Hbond substituents is 2. The van der Waals surface area contributed by atoms with Gasteiger partial charge < -0.3 is 10.2 Å². The summed E-state index contributed by atoms with van der Waals surface area (Å²) < 4.78 is 0. The fourth-order valence-electron chi connectivity index (χ4n) is 9.76. The summed E-state index contributed by atoms with van der Waals surface area (Å²) in [5, 5.41) is 31.2. The fraction of sp³-hybridized carbons (Fsp3) is 0.0189. The van der Waals surface area contributed by atoms with Gasteiger partial charge in [0.15, 0.2) is 0 Å². The Morgan fingerprint density at radius 2 is 0.564 bits per heavy atom. The monoisotopic (exact) mass is 702 g/mol. The maximum atomic E-state index is 11.5. The Bertz CT molecular complexity index is 2960. The van der Waals surface area contributed by atoms with Crippen LogP contribution in [-0.2, 0) is 5.41 Å². The molecule has 0 amide bonds. The minimum Gasteiger partial charge on any atom is -0.507 e. The summed E-state index contributed by atoms with van der Waals surface area (Å²) in [5.74, 6) is 0.487. The molecular weight excluding hydrogens is 669 g/mol. The smallest absolute Gasteiger partial charge is 0.123 e. The molecule has 2 heteroatoms. The van der Waals surface area contributed by atoms with Gasteiger partial charge in [0, 0.05) is 10.8 Å². The summed E-state index contributed by atoms with van der Waals surface area (Å²) in [7, 11) is 0. The molecule has 10 aromatic carbocycles. The first-order valence-electron chi connectivity index (χ1n) is 18.8. The fourth-order valence-corrected chi connectivity index (χ4v) is 9.76. The Morgan fingerprint density at radius 3 is 1.00 bits per heavy atom. The lowest BCUT2D eigenvalue weighted by atomic mass is 9.62. The van der Waals surface area contributed by atoms with Crippen LogP contribution in [0.4, 0.5) is 0 Å². The zero-order valence-corrected chi connectivity index (χ0v) is 29.9. The third kappa shape index (κ3) is 4.37. The van der Waals surface area contributed by atoms with E-state index >= 15 is 0 Å². The van der Waals surface area contributed by atoms with Gasteiger partial charge in [-0.1, -0.05) is 182 Å². The van der Waals surface area contributed by atoms with Crippen LogP contribution in [-0.4, -0.2) is 10.2 Å². The van der Waals surface area contributed by atoms with E-state index in [0.717, 1.165) is 66.1 Å². The second-order valence-corrected chi connectivity index (χ2v) is 14.6. The van der Waals surface area contributed by atoms with Crippen LogP contribution < -0.4 is 0 Å². The van der Waals surface area contributed by atoms with Crippen LogP contribution in [0, 0.1) is 0 Å². The zero-order valence-electron chi connectivity index (χ0n) is 29.9. The van der Waals surface area contributed by atoms with E-state index in [9.17, 15) is 10.2 Å². The molecule has 0 spiro atoms. The molecule has 10 aromatic rings. The molecule has 0 saturated carbocycles. The van der Waals surface area contributed by atoms with E-state index in [1.54, 1.807) is 0 Å². The molecule has 0 bridgehead atoms. The first kappa shape index (κ1) is 31.4. The number of fused-ring (bicyclic) bond motifs is 7. The van der Waals surface area contributed by atoms with E-state index in [1.807, 2.05) is 36.4 Å². The molecule has 0 heterocycles. The molecule has 11 rings (SSSR count). The third-order valence-corrected chi connectivity index (χ3v) is 11.9. The molecular formula is C53H34O2. The topological polar surface area (TPSA) is 40.5 Å². The minimum atomic E-state index is -0.924. The van der Waals surface area contributed by atoms with Crippen LogP contribution in [0.1, 0.15) is 22.3 Å². The predicted molar refractivity (Wildman–Crippen MR) is 228 cm³/mol. The van der Waals surface area contributed by atoms with Crippen LogP contribution >= 0.6 is 0 Å². The number of phenols is 2. The van der Waals surface area contributed by atoms with Gasteiger partial charge in [0.25, 0.3) is 0 Å².